The van der Waals surface area contributed by atoms with Gasteiger partial charge in [0, 0.05) is 6.54 Å². The van der Waals surface area contributed by atoms with Crippen LogP contribution in [0.1, 0.15) is 39.0 Å². The average molecular weight is 214 g/mol. The van der Waals surface area contributed by atoms with Crippen LogP contribution in [0.2, 0.25) is 0 Å². The highest BCUT2D eigenvalue weighted by Gasteiger charge is 2.18. The van der Waals surface area contributed by atoms with Crippen molar-refractivity contribution in [2.75, 3.05) is 13.7 Å². The number of hydroxylamine groups is 1. The molecule has 1 aliphatic carbocycles. The van der Waals surface area contributed by atoms with Crippen molar-refractivity contribution in [2.24, 2.45) is 11.8 Å². The molecule has 4 nitrogen and oxygen atoms in total. The molecular weight excluding hydrogens is 192 g/mol. The van der Waals surface area contributed by atoms with Crippen LogP contribution in [-0.2, 0) is 4.84 Å². The van der Waals surface area contributed by atoms with Gasteiger partial charge in [-0.2, -0.15) is 0 Å². The van der Waals surface area contributed by atoms with Crippen LogP contribution in [0.15, 0.2) is 0 Å². The van der Waals surface area contributed by atoms with Crippen LogP contribution in [0.4, 0.5) is 4.79 Å². The Hall–Kier alpha value is -0.770. The molecule has 1 saturated carbocycles. The quantitative estimate of drug-likeness (QED) is 0.704. The smallest absolute Gasteiger partial charge is 0.336 e. The van der Waals surface area contributed by atoms with Crippen LogP contribution in [-0.4, -0.2) is 19.7 Å². The molecule has 88 valence electrons. The van der Waals surface area contributed by atoms with E-state index in [1.807, 2.05) is 0 Å². The second-order valence-corrected chi connectivity index (χ2v) is 4.49. The molecule has 4 heteroatoms. The van der Waals surface area contributed by atoms with Gasteiger partial charge in [-0.15, -0.1) is 0 Å². The third kappa shape index (κ3) is 5.02. The van der Waals surface area contributed by atoms with Gasteiger partial charge in [0.15, 0.2) is 0 Å². The molecule has 2 N–H and O–H groups in total. The molecule has 0 aromatic carbocycles. The normalized spacial score (nSPS) is 26.0. The summed E-state index contributed by atoms with van der Waals surface area (Å²) in [5, 5.41) is 2.77. The summed E-state index contributed by atoms with van der Waals surface area (Å²) in [6.07, 6.45) is 6.43. The van der Waals surface area contributed by atoms with Crippen LogP contribution in [0.25, 0.3) is 0 Å². The lowest BCUT2D eigenvalue weighted by molar-refractivity contribution is 0.107. The number of carbonyl (C=O) groups excluding carboxylic acids is 1. The maximum Gasteiger partial charge on any atom is 0.338 e. The molecule has 1 aliphatic rings. The Balaban J connectivity index is 2.06. The van der Waals surface area contributed by atoms with Crippen LogP contribution < -0.4 is 10.8 Å². The summed E-state index contributed by atoms with van der Waals surface area (Å²) in [6.45, 7) is 3.06. The van der Waals surface area contributed by atoms with E-state index in [-0.39, 0.29) is 6.03 Å². The number of amides is 2. The minimum atomic E-state index is -0.249. The zero-order chi connectivity index (χ0) is 11.1. The molecule has 0 bridgehead atoms. The van der Waals surface area contributed by atoms with Gasteiger partial charge in [-0.25, -0.2) is 10.3 Å². The molecule has 0 aromatic rings. The summed E-state index contributed by atoms with van der Waals surface area (Å²) < 4.78 is 0. The maximum atomic E-state index is 11.0. The van der Waals surface area contributed by atoms with E-state index in [1.165, 1.54) is 32.8 Å². The monoisotopic (exact) mass is 214 g/mol. The molecule has 0 unspecified atom stereocenters. The predicted molar refractivity (Wildman–Crippen MR) is 59.3 cm³/mol. The van der Waals surface area contributed by atoms with Gasteiger partial charge < -0.3 is 5.32 Å². The second-order valence-electron chi connectivity index (χ2n) is 4.49. The molecule has 0 aromatic heterocycles. The minimum absolute atomic E-state index is 0.249. The fraction of sp³-hybridized carbons (Fsp3) is 0.909. The molecule has 0 radical (unpaired) electrons. The summed E-state index contributed by atoms with van der Waals surface area (Å²) in [7, 11) is 1.43. The number of urea groups is 1. The van der Waals surface area contributed by atoms with Crippen molar-refractivity contribution in [1.82, 2.24) is 10.8 Å². The number of rotatable bonds is 4. The van der Waals surface area contributed by atoms with E-state index in [4.69, 9.17) is 0 Å². The van der Waals surface area contributed by atoms with E-state index in [0.29, 0.717) is 0 Å². The molecule has 1 fully saturated rings. The number of hydrogen-bond acceptors (Lipinski definition) is 2. The fourth-order valence-electron chi connectivity index (χ4n) is 2.34. The van der Waals surface area contributed by atoms with Gasteiger partial charge in [0.05, 0.1) is 7.11 Å². The van der Waals surface area contributed by atoms with Crippen molar-refractivity contribution >= 4 is 6.03 Å². The summed E-state index contributed by atoms with van der Waals surface area (Å²) in [5.41, 5.74) is 2.24. The Morgan fingerprint density at radius 2 is 2.27 bits per heavy atom. The van der Waals surface area contributed by atoms with Crippen LogP contribution in [0.5, 0.6) is 0 Å². The summed E-state index contributed by atoms with van der Waals surface area (Å²) in [6, 6.07) is -0.249. The molecular formula is C11H22N2O2. The Morgan fingerprint density at radius 3 is 2.93 bits per heavy atom. The topological polar surface area (TPSA) is 50.4 Å². The standard InChI is InChI=1S/C11H22N2O2/c1-9-4-3-5-10(8-9)6-7-12-11(14)13-15-2/h9-10H,3-8H2,1-2H3,(H2,12,13,14)/t9-,10-/m0/s1. The highest BCUT2D eigenvalue weighted by Crippen LogP contribution is 2.30. The van der Waals surface area contributed by atoms with E-state index >= 15 is 0 Å². The van der Waals surface area contributed by atoms with Gasteiger partial charge in [-0.1, -0.05) is 26.2 Å². The van der Waals surface area contributed by atoms with Crippen LogP contribution in [0.3, 0.4) is 0 Å². The van der Waals surface area contributed by atoms with Crippen molar-refractivity contribution in [3.05, 3.63) is 0 Å². The predicted octanol–water partition coefficient (Wildman–Crippen LogP) is 2.06. The maximum absolute atomic E-state index is 11.0. The molecule has 0 spiro atoms. The minimum Gasteiger partial charge on any atom is -0.336 e. The lowest BCUT2D eigenvalue weighted by Gasteiger charge is -2.26. The van der Waals surface area contributed by atoms with Gasteiger partial charge in [0.2, 0.25) is 0 Å². The highest BCUT2D eigenvalue weighted by atomic mass is 16.6. The van der Waals surface area contributed by atoms with E-state index in [0.717, 1.165) is 24.8 Å². The van der Waals surface area contributed by atoms with Crippen LogP contribution in [0, 0.1) is 11.8 Å². The van der Waals surface area contributed by atoms with Crippen molar-refractivity contribution in [2.45, 2.75) is 39.0 Å². The Morgan fingerprint density at radius 1 is 1.47 bits per heavy atom. The molecule has 0 aliphatic heterocycles. The lowest BCUT2D eigenvalue weighted by atomic mass is 9.81. The van der Waals surface area contributed by atoms with E-state index in [1.54, 1.807) is 0 Å². The summed E-state index contributed by atoms with van der Waals surface area (Å²) in [5.74, 6) is 1.65. The van der Waals surface area contributed by atoms with Gasteiger partial charge in [0.1, 0.15) is 0 Å². The number of hydrogen-bond donors (Lipinski definition) is 2. The third-order valence-corrected chi connectivity index (χ3v) is 3.08. The van der Waals surface area contributed by atoms with Gasteiger partial charge in [-0.05, 0) is 24.7 Å². The van der Waals surface area contributed by atoms with Gasteiger partial charge in [-0.3, -0.25) is 4.84 Å². The first-order valence-electron chi connectivity index (χ1n) is 5.79. The van der Waals surface area contributed by atoms with Gasteiger partial charge >= 0.3 is 6.03 Å². The third-order valence-electron chi connectivity index (χ3n) is 3.08. The average Bonchev–Trinajstić information content (AvgIpc) is 2.18. The van der Waals surface area contributed by atoms with Crippen molar-refractivity contribution in [3.63, 3.8) is 0 Å². The molecule has 1 rings (SSSR count). The largest absolute Gasteiger partial charge is 0.338 e. The first-order valence-corrected chi connectivity index (χ1v) is 5.79. The Labute approximate surface area is 91.7 Å². The molecule has 2 amide bonds. The van der Waals surface area contributed by atoms with Crippen molar-refractivity contribution in [1.29, 1.82) is 0 Å². The highest BCUT2D eigenvalue weighted by molar-refractivity contribution is 5.72. The zero-order valence-electron chi connectivity index (χ0n) is 9.71. The molecule has 0 heterocycles. The first-order chi connectivity index (χ1) is 7.22. The van der Waals surface area contributed by atoms with Gasteiger partial charge in [0.25, 0.3) is 0 Å². The first kappa shape index (κ1) is 12.3. The Kier molecular flexibility index (Phi) is 5.47. The Bertz CT molecular complexity index is 197. The van der Waals surface area contributed by atoms with E-state index in [9.17, 15) is 4.79 Å². The molecule has 2 atom stereocenters. The van der Waals surface area contributed by atoms with E-state index < -0.39 is 0 Å². The molecule has 15 heavy (non-hydrogen) atoms. The lowest BCUT2D eigenvalue weighted by Crippen LogP contribution is -2.36. The summed E-state index contributed by atoms with van der Waals surface area (Å²) in [4.78, 5) is 15.5. The summed E-state index contributed by atoms with van der Waals surface area (Å²) >= 11 is 0. The number of carbonyl (C=O) groups is 1. The number of nitrogens with one attached hydrogen (secondary N) is 2. The van der Waals surface area contributed by atoms with Crippen molar-refractivity contribution < 1.29 is 9.63 Å². The van der Waals surface area contributed by atoms with E-state index in [2.05, 4.69) is 22.6 Å². The van der Waals surface area contributed by atoms with Crippen molar-refractivity contribution in [3.8, 4) is 0 Å². The van der Waals surface area contributed by atoms with Crippen LogP contribution >= 0.6 is 0 Å². The second kappa shape index (κ2) is 6.67. The molecule has 0 saturated heterocycles. The zero-order valence-corrected chi connectivity index (χ0v) is 9.71. The fourth-order valence-corrected chi connectivity index (χ4v) is 2.34. The SMILES string of the molecule is CONC(=O)NCC[C@@H]1CCC[C@H](C)C1.